The van der Waals surface area contributed by atoms with Crippen molar-refractivity contribution in [3.05, 3.63) is 47.3 Å². The average Bonchev–Trinajstić information content (AvgIpc) is 3.13. The standard InChI is InChI=1S/C20H18NO5S/c1-3-25-16-9-8-12(10-17(16)26-4-2)19-21-15(11-27-19)13-6-5-7-14(18(13)22)20(23)24/h5-6,8-11,22H,3-4H2,1-2H3,(H,23,24). The number of aromatic nitrogens is 1. The fourth-order valence-electron chi connectivity index (χ4n) is 2.57. The van der Waals surface area contributed by atoms with Gasteiger partial charge in [0.2, 0.25) is 0 Å². The highest BCUT2D eigenvalue weighted by Crippen LogP contribution is 2.37. The first-order valence-corrected chi connectivity index (χ1v) is 9.26. The van der Waals surface area contributed by atoms with Gasteiger partial charge in [-0.3, -0.25) is 0 Å². The molecule has 7 heteroatoms. The van der Waals surface area contributed by atoms with Gasteiger partial charge < -0.3 is 19.7 Å². The highest BCUT2D eigenvalue weighted by molar-refractivity contribution is 7.13. The second-order valence-corrected chi connectivity index (χ2v) is 6.34. The second kappa shape index (κ2) is 8.09. The van der Waals surface area contributed by atoms with Gasteiger partial charge in [-0.25, -0.2) is 9.78 Å². The van der Waals surface area contributed by atoms with Gasteiger partial charge in [-0.05, 0) is 38.1 Å². The number of hydrogen-bond acceptors (Lipinski definition) is 6. The Morgan fingerprint density at radius 1 is 1.19 bits per heavy atom. The quantitative estimate of drug-likeness (QED) is 0.624. The van der Waals surface area contributed by atoms with E-state index in [0.717, 1.165) is 10.6 Å². The van der Waals surface area contributed by atoms with E-state index in [2.05, 4.69) is 11.1 Å². The molecule has 0 aliphatic carbocycles. The molecular weight excluding hydrogens is 366 g/mol. The smallest absolute Gasteiger partial charge is 0.340 e. The Kier molecular flexibility index (Phi) is 5.61. The predicted octanol–water partition coefficient (Wildman–Crippen LogP) is 4.48. The van der Waals surface area contributed by atoms with Crippen molar-refractivity contribution in [1.29, 1.82) is 0 Å². The molecule has 27 heavy (non-hydrogen) atoms. The van der Waals surface area contributed by atoms with Crippen molar-refractivity contribution >= 4 is 17.3 Å². The summed E-state index contributed by atoms with van der Waals surface area (Å²) in [4.78, 5) is 15.7. The van der Waals surface area contributed by atoms with Gasteiger partial charge in [-0.15, -0.1) is 11.3 Å². The minimum Gasteiger partial charge on any atom is -0.506 e. The molecule has 0 fully saturated rings. The Bertz CT molecular complexity index is 967. The van der Waals surface area contributed by atoms with Crippen LogP contribution >= 0.6 is 11.3 Å². The lowest BCUT2D eigenvalue weighted by Gasteiger charge is -2.11. The number of ether oxygens (including phenoxy) is 2. The van der Waals surface area contributed by atoms with Crippen LogP contribution < -0.4 is 9.47 Å². The van der Waals surface area contributed by atoms with Crippen LogP contribution in [-0.2, 0) is 0 Å². The molecule has 0 atom stereocenters. The van der Waals surface area contributed by atoms with E-state index in [0.29, 0.717) is 36.0 Å². The van der Waals surface area contributed by atoms with Gasteiger partial charge in [0, 0.05) is 22.6 Å². The average molecular weight is 384 g/mol. The molecule has 139 valence electrons. The van der Waals surface area contributed by atoms with E-state index in [1.807, 2.05) is 32.0 Å². The molecule has 2 aromatic carbocycles. The van der Waals surface area contributed by atoms with Crippen LogP contribution in [0.1, 0.15) is 24.2 Å². The minimum atomic E-state index is -1.24. The van der Waals surface area contributed by atoms with Crippen molar-refractivity contribution in [2.24, 2.45) is 0 Å². The third-order valence-electron chi connectivity index (χ3n) is 3.75. The van der Waals surface area contributed by atoms with E-state index in [1.54, 1.807) is 11.4 Å². The summed E-state index contributed by atoms with van der Waals surface area (Å²) in [5, 5.41) is 21.8. The number of thiazole rings is 1. The number of phenols is 1. The zero-order valence-corrected chi connectivity index (χ0v) is 15.7. The van der Waals surface area contributed by atoms with Crippen LogP contribution in [-0.4, -0.2) is 34.4 Å². The van der Waals surface area contributed by atoms with E-state index >= 15 is 0 Å². The van der Waals surface area contributed by atoms with E-state index < -0.39 is 5.97 Å². The van der Waals surface area contributed by atoms with Gasteiger partial charge in [0.25, 0.3) is 0 Å². The maximum absolute atomic E-state index is 11.2. The fraction of sp³-hybridized carbons (Fsp3) is 0.200. The molecule has 0 saturated carbocycles. The molecule has 0 spiro atoms. The Morgan fingerprint density at radius 3 is 2.63 bits per heavy atom. The Labute approximate surface area is 160 Å². The SMILES string of the molecule is CCOc1ccc(-c2nc(-c3cc[c]c(C(=O)O)c3O)cs2)cc1OCC. The summed E-state index contributed by atoms with van der Waals surface area (Å²) >= 11 is 1.39. The molecule has 2 N–H and O–H groups in total. The third-order valence-corrected chi connectivity index (χ3v) is 4.65. The first-order chi connectivity index (χ1) is 13.0. The fourth-order valence-corrected chi connectivity index (χ4v) is 3.39. The van der Waals surface area contributed by atoms with E-state index in [-0.39, 0.29) is 11.3 Å². The lowest BCUT2D eigenvalue weighted by molar-refractivity contribution is 0.0693. The number of nitrogens with zero attached hydrogens (tertiary/aromatic N) is 1. The van der Waals surface area contributed by atoms with Crippen molar-refractivity contribution < 1.29 is 24.5 Å². The van der Waals surface area contributed by atoms with Gasteiger partial charge in [0.1, 0.15) is 16.3 Å². The van der Waals surface area contributed by atoms with Crippen LogP contribution in [0.2, 0.25) is 0 Å². The van der Waals surface area contributed by atoms with Crippen molar-refractivity contribution in [1.82, 2.24) is 4.98 Å². The lowest BCUT2D eigenvalue weighted by Crippen LogP contribution is -1.98. The zero-order valence-electron chi connectivity index (χ0n) is 14.9. The highest BCUT2D eigenvalue weighted by Gasteiger charge is 2.17. The van der Waals surface area contributed by atoms with Crippen molar-refractivity contribution in [2.45, 2.75) is 13.8 Å². The summed E-state index contributed by atoms with van der Waals surface area (Å²) < 4.78 is 11.2. The number of aromatic carboxylic acids is 1. The summed E-state index contributed by atoms with van der Waals surface area (Å²) in [6.07, 6.45) is 0. The number of rotatable bonds is 7. The monoisotopic (exact) mass is 384 g/mol. The topological polar surface area (TPSA) is 88.9 Å². The first kappa shape index (κ1) is 18.7. The number of benzene rings is 2. The summed E-state index contributed by atoms with van der Waals surface area (Å²) in [6.45, 7) is 4.86. The van der Waals surface area contributed by atoms with Crippen LogP contribution in [0.3, 0.4) is 0 Å². The molecule has 6 nitrogen and oxygen atoms in total. The number of carboxylic acid groups (broad SMARTS) is 1. The van der Waals surface area contributed by atoms with Gasteiger partial charge >= 0.3 is 5.97 Å². The molecular formula is C20H18NO5S. The zero-order chi connectivity index (χ0) is 19.4. The molecule has 0 bridgehead atoms. The highest BCUT2D eigenvalue weighted by atomic mass is 32.1. The molecule has 1 radical (unpaired) electrons. The van der Waals surface area contributed by atoms with E-state index in [9.17, 15) is 9.90 Å². The summed E-state index contributed by atoms with van der Waals surface area (Å²) in [7, 11) is 0. The summed E-state index contributed by atoms with van der Waals surface area (Å²) in [6, 6.07) is 11.1. The summed E-state index contributed by atoms with van der Waals surface area (Å²) in [5.74, 6) is -0.276. The molecule has 3 rings (SSSR count). The normalized spacial score (nSPS) is 10.6. The molecule has 0 amide bonds. The number of carbonyl (C=O) groups is 1. The van der Waals surface area contributed by atoms with Gasteiger partial charge in [0.15, 0.2) is 11.5 Å². The number of carboxylic acids is 1. The molecule has 0 aliphatic heterocycles. The molecule has 1 aromatic heterocycles. The molecule has 1 heterocycles. The maximum atomic E-state index is 11.2. The Morgan fingerprint density at radius 2 is 1.93 bits per heavy atom. The Hall–Kier alpha value is -3.06. The molecule has 0 aliphatic rings. The van der Waals surface area contributed by atoms with Crippen molar-refractivity contribution in [2.75, 3.05) is 13.2 Å². The molecule has 0 saturated heterocycles. The second-order valence-electron chi connectivity index (χ2n) is 5.49. The maximum Gasteiger partial charge on any atom is 0.340 e. The summed E-state index contributed by atoms with van der Waals surface area (Å²) in [5.41, 5.74) is 1.42. The van der Waals surface area contributed by atoms with Crippen LogP contribution in [0.5, 0.6) is 17.2 Å². The van der Waals surface area contributed by atoms with Crippen LogP contribution in [0, 0.1) is 6.07 Å². The molecule has 3 aromatic rings. The predicted molar refractivity (Wildman–Crippen MR) is 103 cm³/mol. The van der Waals surface area contributed by atoms with Crippen LogP contribution in [0.4, 0.5) is 0 Å². The largest absolute Gasteiger partial charge is 0.506 e. The molecule has 0 unspecified atom stereocenters. The number of hydrogen-bond donors (Lipinski definition) is 2. The van der Waals surface area contributed by atoms with E-state index in [4.69, 9.17) is 14.6 Å². The van der Waals surface area contributed by atoms with Crippen LogP contribution in [0.25, 0.3) is 21.8 Å². The van der Waals surface area contributed by atoms with Crippen molar-refractivity contribution in [3.8, 4) is 39.1 Å². The van der Waals surface area contributed by atoms with E-state index in [1.165, 1.54) is 17.4 Å². The first-order valence-electron chi connectivity index (χ1n) is 8.38. The van der Waals surface area contributed by atoms with Gasteiger partial charge in [-0.1, -0.05) is 6.07 Å². The van der Waals surface area contributed by atoms with Gasteiger partial charge in [0.05, 0.1) is 18.9 Å². The minimum absolute atomic E-state index is 0.276. The van der Waals surface area contributed by atoms with Crippen molar-refractivity contribution in [3.63, 3.8) is 0 Å². The third kappa shape index (κ3) is 3.88. The number of aromatic hydroxyl groups is 1. The van der Waals surface area contributed by atoms with Gasteiger partial charge in [-0.2, -0.15) is 0 Å². The Balaban J connectivity index is 1.98. The lowest BCUT2D eigenvalue weighted by atomic mass is 10.1. The van der Waals surface area contributed by atoms with Crippen LogP contribution in [0.15, 0.2) is 35.7 Å².